The van der Waals surface area contributed by atoms with Gasteiger partial charge in [-0.2, -0.15) is 5.26 Å². The van der Waals surface area contributed by atoms with E-state index in [1.165, 1.54) is 18.2 Å². The zero-order valence-electron chi connectivity index (χ0n) is 14.6. The number of carbonyl (C=O) groups is 2. The van der Waals surface area contributed by atoms with E-state index >= 15 is 0 Å². The van der Waals surface area contributed by atoms with Crippen LogP contribution in [0.15, 0.2) is 48.5 Å². The second-order valence-corrected chi connectivity index (χ2v) is 5.70. The monoisotopic (exact) mass is 384 g/mol. The molecule has 0 aliphatic rings. The highest BCUT2D eigenvalue weighted by Gasteiger charge is 2.10. The molecule has 0 saturated heterocycles. The molecule has 7 heteroatoms. The highest BCUT2D eigenvalue weighted by molar-refractivity contribution is 6.31. The molecule has 0 aromatic heterocycles. The summed E-state index contributed by atoms with van der Waals surface area (Å²) >= 11 is 5.85. The fourth-order valence-corrected chi connectivity index (χ4v) is 2.32. The third kappa shape index (κ3) is 6.17. The van der Waals surface area contributed by atoms with E-state index in [1.54, 1.807) is 24.3 Å². The van der Waals surface area contributed by atoms with Crippen LogP contribution < -0.4 is 10.1 Å². The molecular formula is C20H17ClN2O4. The van der Waals surface area contributed by atoms with Crippen LogP contribution in [-0.4, -0.2) is 25.1 Å². The Hall–Kier alpha value is -3.30. The van der Waals surface area contributed by atoms with E-state index < -0.39 is 18.5 Å². The van der Waals surface area contributed by atoms with Gasteiger partial charge in [-0.3, -0.25) is 4.79 Å². The number of halogens is 1. The summed E-state index contributed by atoms with van der Waals surface area (Å²) in [5.41, 5.74) is 1.23. The molecule has 0 saturated carbocycles. The highest BCUT2D eigenvalue weighted by atomic mass is 35.5. The number of nitrogens with one attached hydrogen (secondary N) is 1. The van der Waals surface area contributed by atoms with Crippen LogP contribution in [0.4, 0.5) is 5.69 Å². The van der Waals surface area contributed by atoms with Gasteiger partial charge in [-0.1, -0.05) is 29.8 Å². The first-order valence-corrected chi connectivity index (χ1v) is 8.47. The molecule has 0 aliphatic carbocycles. The smallest absolute Gasteiger partial charge is 0.331 e. The second kappa shape index (κ2) is 10.00. The van der Waals surface area contributed by atoms with Gasteiger partial charge < -0.3 is 14.8 Å². The number of carbonyl (C=O) groups excluding carboxylic acids is 2. The van der Waals surface area contributed by atoms with Crippen LogP contribution in [0.1, 0.15) is 18.1 Å². The summed E-state index contributed by atoms with van der Waals surface area (Å²) in [5, 5.41) is 11.9. The van der Waals surface area contributed by atoms with Crippen molar-refractivity contribution in [3.8, 4) is 11.8 Å². The molecule has 2 aromatic carbocycles. The molecule has 0 heterocycles. The van der Waals surface area contributed by atoms with Gasteiger partial charge in [0.2, 0.25) is 0 Å². The van der Waals surface area contributed by atoms with E-state index in [0.717, 1.165) is 5.56 Å². The van der Waals surface area contributed by atoms with Crippen LogP contribution in [-0.2, 0) is 14.3 Å². The SMILES string of the molecule is CCOc1ccccc1/C=C/C(=O)OCC(=O)Nc1cc(Cl)ccc1C#N. The minimum absolute atomic E-state index is 0.256. The maximum atomic E-state index is 11.9. The Balaban J connectivity index is 1.91. The number of benzene rings is 2. The van der Waals surface area contributed by atoms with Crippen molar-refractivity contribution >= 4 is 35.2 Å². The summed E-state index contributed by atoms with van der Waals surface area (Å²) in [5.74, 6) is -0.611. The second-order valence-electron chi connectivity index (χ2n) is 5.26. The molecule has 0 radical (unpaired) electrons. The third-order valence-corrected chi connectivity index (χ3v) is 3.57. The van der Waals surface area contributed by atoms with E-state index in [4.69, 9.17) is 26.3 Å². The van der Waals surface area contributed by atoms with Crippen LogP contribution in [0.25, 0.3) is 6.08 Å². The van der Waals surface area contributed by atoms with E-state index in [1.807, 2.05) is 25.1 Å². The van der Waals surface area contributed by atoms with Crippen molar-refractivity contribution in [3.05, 3.63) is 64.7 Å². The van der Waals surface area contributed by atoms with Gasteiger partial charge in [0.15, 0.2) is 6.61 Å². The van der Waals surface area contributed by atoms with E-state index in [2.05, 4.69) is 5.32 Å². The minimum atomic E-state index is -0.678. The van der Waals surface area contributed by atoms with Crippen molar-refractivity contribution in [2.24, 2.45) is 0 Å². The molecule has 0 unspecified atom stereocenters. The van der Waals surface area contributed by atoms with Gasteiger partial charge in [0.25, 0.3) is 5.91 Å². The number of rotatable bonds is 7. The summed E-state index contributed by atoms with van der Waals surface area (Å²) < 4.78 is 10.4. The first-order chi connectivity index (χ1) is 13.0. The van der Waals surface area contributed by atoms with Crippen molar-refractivity contribution in [2.75, 3.05) is 18.5 Å². The molecule has 27 heavy (non-hydrogen) atoms. The van der Waals surface area contributed by atoms with Gasteiger partial charge in [-0.15, -0.1) is 0 Å². The summed E-state index contributed by atoms with van der Waals surface area (Å²) in [4.78, 5) is 23.7. The van der Waals surface area contributed by atoms with E-state index in [9.17, 15) is 9.59 Å². The molecule has 6 nitrogen and oxygen atoms in total. The van der Waals surface area contributed by atoms with Crippen LogP contribution in [0.2, 0.25) is 5.02 Å². The third-order valence-electron chi connectivity index (χ3n) is 3.34. The van der Waals surface area contributed by atoms with Gasteiger partial charge >= 0.3 is 5.97 Å². The van der Waals surface area contributed by atoms with Crippen molar-refractivity contribution < 1.29 is 19.1 Å². The molecule has 0 bridgehead atoms. The lowest BCUT2D eigenvalue weighted by Crippen LogP contribution is -2.20. The normalized spacial score (nSPS) is 10.3. The van der Waals surface area contributed by atoms with E-state index in [-0.39, 0.29) is 11.3 Å². The van der Waals surface area contributed by atoms with Crippen LogP contribution >= 0.6 is 11.6 Å². The molecule has 1 amide bonds. The standard InChI is InChI=1S/C20H17ClN2O4/c1-2-26-18-6-4-3-5-14(18)8-10-20(25)27-13-19(24)23-17-11-16(21)9-7-15(17)12-22/h3-11H,2,13H2,1H3,(H,23,24)/b10-8+. The summed E-state index contributed by atoms with van der Waals surface area (Å²) in [6.07, 6.45) is 2.77. The van der Waals surface area contributed by atoms with Gasteiger partial charge in [0.05, 0.1) is 17.9 Å². The number of amides is 1. The maximum Gasteiger partial charge on any atom is 0.331 e. The number of para-hydroxylation sites is 1. The van der Waals surface area contributed by atoms with Crippen molar-refractivity contribution in [1.82, 2.24) is 0 Å². The average molecular weight is 385 g/mol. The average Bonchev–Trinajstić information content (AvgIpc) is 2.66. The molecule has 0 atom stereocenters. The number of anilines is 1. The van der Waals surface area contributed by atoms with Crippen LogP contribution in [0.3, 0.4) is 0 Å². The zero-order valence-corrected chi connectivity index (χ0v) is 15.3. The van der Waals surface area contributed by atoms with Crippen molar-refractivity contribution in [1.29, 1.82) is 5.26 Å². The number of hydrogen-bond donors (Lipinski definition) is 1. The van der Waals surface area contributed by atoms with Gasteiger partial charge in [-0.05, 0) is 37.3 Å². The Morgan fingerprint density at radius 3 is 2.78 bits per heavy atom. The van der Waals surface area contributed by atoms with Crippen molar-refractivity contribution in [2.45, 2.75) is 6.92 Å². The molecule has 1 N–H and O–H groups in total. The number of esters is 1. The molecule has 0 spiro atoms. The lowest BCUT2D eigenvalue weighted by Gasteiger charge is -2.08. The molecule has 0 fully saturated rings. The topological polar surface area (TPSA) is 88.4 Å². The minimum Gasteiger partial charge on any atom is -0.493 e. The Labute approximate surface area is 162 Å². The molecule has 0 aliphatic heterocycles. The molecular weight excluding hydrogens is 368 g/mol. The van der Waals surface area contributed by atoms with Crippen LogP contribution in [0, 0.1) is 11.3 Å². The maximum absolute atomic E-state index is 11.9. The fraction of sp³-hybridized carbons (Fsp3) is 0.150. The molecule has 2 rings (SSSR count). The molecule has 138 valence electrons. The summed E-state index contributed by atoms with van der Waals surface area (Å²) in [6.45, 7) is 1.88. The quantitative estimate of drug-likeness (QED) is 0.579. The highest BCUT2D eigenvalue weighted by Crippen LogP contribution is 2.21. The van der Waals surface area contributed by atoms with Crippen molar-refractivity contribution in [3.63, 3.8) is 0 Å². The summed E-state index contributed by atoms with van der Waals surface area (Å²) in [7, 11) is 0. The van der Waals surface area contributed by atoms with Gasteiger partial charge in [0.1, 0.15) is 11.8 Å². The van der Waals surface area contributed by atoms with Crippen LogP contribution in [0.5, 0.6) is 5.75 Å². The molecule has 2 aromatic rings. The van der Waals surface area contributed by atoms with Gasteiger partial charge in [-0.25, -0.2) is 4.79 Å². The Morgan fingerprint density at radius 2 is 2.04 bits per heavy atom. The lowest BCUT2D eigenvalue weighted by molar-refractivity contribution is -0.142. The zero-order chi connectivity index (χ0) is 19.6. The first kappa shape index (κ1) is 20.0. The number of nitriles is 1. The number of ether oxygens (including phenoxy) is 2. The number of nitrogens with zero attached hydrogens (tertiary/aromatic N) is 1. The summed E-state index contributed by atoms with van der Waals surface area (Å²) in [6, 6.07) is 13.7. The Kier molecular flexibility index (Phi) is 7.41. The lowest BCUT2D eigenvalue weighted by atomic mass is 10.2. The first-order valence-electron chi connectivity index (χ1n) is 8.09. The Bertz CT molecular complexity index is 903. The largest absolute Gasteiger partial charge is 0.493 e. The predicted molar refractivity (Wildman–Crippen MR) is 102 cm³/mol. The Morgan fingerprint density at radius 1 is 1.26 bits per heavy atom. The fourth-order valence-electron chi connectivity index (χ4n) is 2.15. The van der Waals surface area contributed by atoms with Gasteiger partial charge in [0, 0.05) is 16.7 Å². The number of hydrogen-bond acceptors (Lipinski definition) is 5. The van der Waals surface area contributed by atoms with E-state index in [0.29, 0.717) is 17.4 Å². The predicted octanol–water partition coefficient (Wildman–Crippen LogP) is 3.81.